The minimum absolute atomic E-state index is 0.248. The molecule has 0 fully saturated rings. The summed E-state index contributed by atoms with van der Waals surface area (Å²) in [6, 6.07) is 0. The molecular formula is C6H14N2O3. The van der Waals surface area contributed by atoms with Crippen molar-refractivity contribution in [2.45, 2.75) is 12.5 Å². The summed E-state index contributed by atoms with van der Waals surface area (Å²) in [5.41, 5.74) is 4.85. The van der Waals surface area contributed by atoms with Gasteiger partial charge in [-0.15, -0.1) is 0 Å². The molecule has 0 radical (unpaired) electrons. The highest BCUT2D eigenvalue weighted by atomic mass is 16.3. The third kappa shape index (κ3) is 7.24. The predicted molar refractivity (Wildman–Crippen MR) is 39.8 cm³/mol. The van der Waals surface area contributed by atoms with Crippen molar-refractivity contribution in [3.63, 3.8) is 0 Å². The fraction of sp³-hybridized carbons (Fsp3) is 0.833. The number of carbonyl (C=O) groups is 1. The van der Waals surface area contributed by atoms with Gasteiger partial charge in [-0.05, 0) is 0 Å². The van der Waals surface area contributed by atoms with Gasteiger partial charge in [0, 0.05) is 19.5 Å². The summed E-state index contributed by atoms with van der Waals surface area (Å²) in [6.07, 6.45) is -0.513. The van der Waals surface area contributed by atoms with Crippen LogP contribution in [0.25, 0.3) is 0 Å². The van der Waals surface area contributed by atoms with Gasteiger partial charge in [-0.1, -0.05) is 0 Å². The largest absolute Gasteiger partial charge is 0.394 e. The fourth-order valence-electron chi connectivity index (χ4n) is 0.545. The second-order valence-electron chi connectivity index (χ2n) is 2.26. The van der Waals surface area contributed by atoms with E-state index in [0.717, 1.165) is 0 Å². The van der Waals surface area contributed by atoms with E-state index >= 15 is 0 Å². The molecule has 0 rings (SSSR count). The van der Waals surface area contributed by atoms with Crippen molar-refractivity contribution in [2.24, 2.45) is 5.73 Å². The Morgan fingerprint density at radius 1 is 1.64 bits per heavy atom. The van der Waals surface area contributed by atoms with Gasteiger partial charge in [0.1, 0.15) is 0 Å². The lowest BCUT2D eigenvalue weighted by Crippen LogP contribution is -2.31. The van der Waals surface area contributed by atoms with Crippen LogP contribution in [0.3, 0.4) is 0 Å². The lowest BCUT2D eigenvalue weighted by molar-refractivity contribution is -0.117. The molecule has 0 saturated carbocycles. The third-order valence-electron chi connectivity index (χ3n) is 1.14. The molecule has 0 aliphatic heterocycles. The number of amides is 1. The number of carbonyl (C=O) groups excluding carboxylic acids is 1. The zero-order chi connectivity index (χ0) is 8.69. The smallest absolute Gasteiger partial charge is 0.218 e. The molecule has 0 aliphatic rings. The zero-order valence-corrected chi connectivity index (χ0v) is 6.29. The summed E-state index contributed by atoms with van der Waals surface area (Å²) in [6.45, 7) is 0.444. The van der Waals surface area contributed by atoms with Crippen LogP contribution < -0.4 is 11.1 Å². The van der Waals surface area contributed by atoms with Crippen LogP contribution in [0.2, 0.25) is 0 Å². The van der Waals surface area contributed by atoms with Crippen molar-refractivity contribution < 1.29 is 15.0 Å². The molecule has 1 atom stereocenters. The fourth-order valence-corrected chi connectivity index (χ4v) is 0.545. The minimum atomic E-state index is -0.761. The highest BCUT2D eigenvalue weighted by Gasteiger charge is 2.00. The Bertz CT molecular complexity index is 118. The SMILES string of the molecule is NC(=O)CCNCC(O)CO. The molecule has 0 bridgehead atoms. The number of aliphatic hydroxyl groups is 2. The summed E-state index contributed by atoms with van der Waals surface area (Å²) in [5.74, 6) is -0.379. The maximum Gasteiger partial charge on any atom is 0.218 e. The van der Waals surface area contributed by atoms with Crippen molar-refractivity contribution in [2.75, 3.05) is 19.7 Å². The van der Waals surface area contributed by atoms with E-state index in [-0.39, 0.29) is 25.5 Å². The molecule has 0 heterocycles. The van der Waals surface area contributed by atoms with Crippen LogP contribution in [0, 0.1) is 0 Å². The lowest BCUT2D eigenvalue weighted by atomic mass is 10.3. The zero-order valence-electron chi connectivity index (χ0n) is 6.29. The van der Waals surface area contributed by atoms with E-state index in [1.165, 1.54) is 0 Å². The molecule has 1 amide bonds. The summed E-state index contributed by atoms with van der Waals surface area (Å²) < 4.78 is 0. The molecule has 0 spiro atoms. The third-order valence-corrected chi connectivity index (χ3v) is 1.14. The second kappa shape index (κ2) is 6.09. The van der Waals surface area contributed by atoms with Gasteiger partial charge in [0.25, 0.3) is 0 Å². The maximum atomic E-state index is 10.2. The van der Waals surface area contributed by atoms with Crippen LogP contribution >= 0.6 is 0 Å². The molecule has 0 aromatic rings. The van der Waals surface area contributed by atoms with Gasteiger partial charge in [0.05, 0.1) is 12.7 Å². The van der Waals surface area contributed by atoms with E-state index in [9.17, 15) is 4.79 Å². The Kier molecular flexibility index (Phi) is 5.73. The quantitative estimate of drug-likeness (QED) is 0.333. The Morgan fingerprint density at radius 3 is 2.73 bits per heavy atom. The number of aliphatic hydroxyl groups excluding tert-OH is 2. The maximum absolute atomic E-state index is 10.2. The summed E-state index contributed by atoms with van der Waals surface area (Å²) in [4.78, 5) is 10.2. The summed E-state index contributed by atoms with van der Waals surface area (Å²) >= 11 is 0. The van der Waals surface area contributed by atoms with Crippen molar-refractivity contribution in [3.05, 3.63) is 0 Å². The number of nitrogens with one attached hydrogen (secondary N) is 1. The molecule has 11 heavy (non-hydrogen) atoms. The van der Waals surface area contributed by atoms with Gasteiger partial charge >= 0.3 is 0 Å². The van der Waals surface area contributed by atoms with Crippen molar-refractivity contribution >= 4 is 5.91 Å². The Balaban J connectivity index is 3.08. The van der Waals surface area contributed by atoms with Gasteiger partial charge in [-0.25, -0.2) is 0 Å². The highest BCUT2D eigenvalue weighted by Crippen LogP contribution is 1.77. The van der Waals surface area contributed by atoms with Crippen LogP contribution in [0.4, 0.5) is 0 Å². The van der Waals surface area contributed by atoms with Crippen LogP contribution in [0.1, 0.15) is 6.42 Å². The molecule has 0 aliphatic carbocycles. The lowest BCUT2D eigenvalue weighted by Gasteiger charge is -2.06. The highest BCUT2D eigenvalue weighted by molar-refractivity contribution is 5.73. The van der Waals surface area contributed by atoms with Crippen LogP contribution in [-0.2, 0) is 4.79 Å². The first-order valence-corrected chi connectivity index (χ1v) is 3.44. The Labute approximate surface area is 65.2 Å². The molecule has 0 aromatic carbocycles. The summed E-state index contributed by atoms with van der Waals surface area (Å²) in [5, 5.41) is 19.9. The van der Waals surface area contributed by atoms with Gasteiger partial charge in [-0.2, -0.15) is 0 Å². The molecule has 5 N–H and O–H groups in total. The van der Waals surface area contributed by atoms with E-state index in [1.54, 1.807) is 0 Å². The first-order chi connectivity index (χ1) is 5.16. The first-order valence-electron chi connectivity index (χ1n) is 3.44. The topological polar surface area (TPSA) is 95.6 Å². The van der Waals surface area contributed by atoms with Crippen LogP contribution in [0.5, 0.6) is 0 Å². The molecule has 0 saturated heterocycles. The van der Waals surface area contributed by atoms with E-state index in [2.05, 4.69) is 5.32 Å². The monoisotopic (exact) mass is 162 g/mol. The minimum Gasteiger partial charge on any atom is -0.394 e. The predicted octanol–water partition coefficient (Wildman–Crippen LogP) is -2.20. The van der Waals surface area contributed by atoms with Gasteiger partial charge in [-0.3, -0.25) is 4.79 Å². The molecule has 66 valence electrons. The van der Waals surface area contributed by atoms with E-state index in [0.29, 0.717) is 6.54 Å². The number of hydrogen-bond donors (Lipinski definition) is 4. The van der Waals surface area contributed by atoms with Gasteiger partial charge < -0.3 is 21.3 Å². The molecule has 1 unspecified atom stereocenters. The van der Waals surface area contributed by atoms with Crippen molar-refractivity contribution in [1.82, 2.24) is 5.32 Å². The van der Waals surface area contributed by atoms with Crippen LogP contribution in [-0.4, -0.2) is 41.9 Å². The van der Waals surface area contributed by atoms with Gasteiger partial charge in [0.15, 0.2) is 0 Å². The van der Waals surface area contributed by atoms with Gasteiger partial charge in [0.2, 0.25) is 5.91 Å². The molecule has 0 aromatic heterocycles. The van der Waals surface area contributed by atoms with Crippen molar-refractivity contribution in [1.29, 1.82) is 0 Å². The Morgan fingerprint density at radius 2 is 2.27 bits per heavy atom. The van der Waals surface area contributed by atoms with E-state index < -0.39 is 6.10 Å². The number of rotatable bonds is 6. The standard InChI is InChI=1S/C6H14N2O3/c7-6(11)1-2-8-3-5(10)4-9/h5,8-10H,1-4H2,(H2,7,11). The van der Waals surface area contributed by atoms with Crippen molar-refractivity contribution in [3.8, 4) is 0 Å². The normalized spacial score (nSPS) is 12.9. The van der Waals surface area contributed by atoms with Crippen LogP contribution in [0.15, 0.2) is 0 Å². The van der Waals surface area contributed by atoms with E-state index in [4.69, 9.17) is 15.9 Å². The molecular weight excluding hydrogens is 148 g/mol. The number of nitrogens with two attached hydrogens (primary N) is 1. The second-order valence-corrected chi connectivity index (χ2v) is 2.26. The molecule has 5 nitrogen and oxygen atoms in total. The molecule has 5 heteroatoms. The average Bonchev–Trinajstić information content (AvgIpc) is 1.97. The summed E-state index contributed by atoms with van der Waals surface area (Å²) in [7, 11) is 0. The Hall–Kier alpha value is -0.650. The average molecular weight is 162 g/mol. The van der Waals surface area contributed by atoms with E-state index in [1.807, 2.05) is 0 Å². The number of hydrogen-bond acceptors (Lipinski definition) is 4. The number of primary amides is 1. The first kappa shape index (κ1) is 10.3.